The third-order valence-corrected chi connectivity index (χ3v) is 4.10. The van der Waals surface area contributed by atoms with Gasteiger partial charge in [-0.3, -0.25) is 14.9 Å². The number of benzene rings is 1. The van der Waals surface area contributed by atoms with Gasteiger partial charge in [-0.1, -0.05) is 23.9 Å². The Labute approximate surface area is 141 Å². The van der Waals surface area contributed by atoms with Crippen molar-refractivity contribution in [2.24, 2.45) is 5.73 Å². The van der Waals surface area contributed by atoms with Gasteiger partial charge in [0.05, 0.1) is 5.56 Å². The van der Waals surface area contributed by atoms with Crippen LogP contribution in [0.2, 0.25) is 0 Å². The highest BCUT2D eigenvalue weighted by Crippen LogP contribution is 2.28. The van der Waals surface area contributed by atoms with Crippen molar-refractivity contribution in [1.29, 1.82) is 0 Å². The minimum atomic E-state index is -0.718. The van der Waals surface area contributed by atoms with Gasteiger partial charge in [0.15, 0.2) is 0 Å². The zero-order chi connectivity index (χ0) is 16.9. The molecule has 0 bridgehead atoms. The van der Waals surface area contributed by atoms with E-state index in [2.05, 4.69) is 23.3 Å². The Balaban J connectivity index is 2.85. The van der Waals surface area contributed by atoms with Crippen LogP contribution in [0, 0.1) is 0 Å². The number of amides is 2. The van der Waals surface area contributed by atoms with Crippen molar-refractivity contribution >= 4 is 36.2 Å². The van der Waals surface area contributed by atoms with E-state index in [4.69, 9.17) is 5.73 Å². The first-order valence-corrected chi connectivity index (χ1v) is 8.31. The number of nitrogens with two attached hydrogens (primary N) is 1. The van der Waals surface area contributed by atoms with Crippen molar-refractivity contribution < 1.29 is 9.59 Å². The lowest BCUT2D eigenvalue weighted by molar-refractivity contribution is -0.119. The standard InChI is InChI=1S/C15H23N3O2S2/c1-9(12(16)19)17-13(20)10-7-5-6-8-11(10)22-14(21)18-15(2,3)4/h5-9,14,18,21H,1-4H3,(H2,16,19)(H,17,20)/t9-,14?/m0/s1. The molecule has 22 heavy (non-hydrogen) atoms. The maximum absolute atomic E-state index is 12.3. The molecule has 7 heteroatoms. The van der Waals surface area contributed by atoms with Crippen LogP contribution in [0.4, 0.5) is 0 Å². The first kappa shape index (κ1) is 18.9. The summed E-state index contributed by atoms with van der Waals surface area (Å²) in [5, 5.41) is 5.90. The molecular weight excluding hydrogens is 318 g/mol. The number of carbonyl (C=O) groups excluding carboxylic acids is 2. The highest BCUT2D eigenvalue weighted by Gasteiger charge is 2.20. The molecule has 0 saturated carbocycles. The van der Waals surface area contributed by atoms with Gasteiger partial charge in [-0.15, -0.1) is 12.6 Å². The first-order chi connectivity index (χ1) is 10.1. The summed E-state index contributed by atoms with van der Waals surface area (Å²) < 4.78 is -0.164. The van der Waals surface area contributed by atoms with E-state index in [9.17, 15) is 9.59 Å². The summed E-state index contributed by atoms with van der Waals surface area (Å²) in [4.78, 5) is 24.1. The normalized spacial score (nSPS) is 14.2. The predicted octanol–water partition coefficient (Wildman–Crippen LogP) is 1.98. The van der Waals surface area contributed by atoms with Crippen LogP contribution in [0.25, 0.3) is 0 Å². The summed E-state index contributed by atoms with van der Waals surface area (Å²) in [5.41, 5.74) is 5.58. The SMILES string of the molecule is C[C@H](NC(=O)c1ccccc1SC(S)NC(C)(C)C)C(N)=O. The lowest BCUT2D eigenvalue weighted by atomic mass is 10.1. The first-order valence-electron chi connectivity index (χ1n) is 6.92. The molecule has 0 aliphatic heterocycles. The van der Waals surface area contributed by atoms with E-state index in [0.29, 0.717) is 5.56 Å². The molecule has 1 aromatic rings. The quantitative estimate of drug-likeness (QED) is 0.362. The van der Waals surface area contributed by atoms with Gasteiger partial charge in [0.2, 0.25) is 5.91 Å². The molecule has 1 rings (SSSR count). The van der Waals surface area contributed by atoms with Gasteiger partial charge in [-0.05, 0) is 39.8 Å². The number of nitrogens with one attached hydrogen (secondary N) is 2. The molecule has 0 saturated heterocycles. The smallest absolute Gasteiger partial charge is 0.253 e. The summed E-state index contributed by atoms with van der Waals surface area (Å²) >= 11 is 5.94. The molecule has 1 aromatic carbocycles. The average Bonchev–Trinajstić information content (AvgIpc) is 2.36. The van der Waals surface area contributed by atoms with Crippen molar-refractivity contribution in [2.45, 2.75) is 48.9 Å². The minimum Gasteiger partial charge on any atom is -0.368 e. The molecule has 0 heterocycles. The molecule has 0 radical (unpaired) electrons. The van der Waals surface area contributed by atoms with Crippen LogP contribution in [0.3, 0.4) is 0 Å². The van der Waals surface area contributed by atoms with Crippen LogP contribution < -0.4 is 16.4 Å². The van der Waals surface area contributed by atoms with E-state index in [-0.39, 0.29) is 16.2 Å². The lowest BCUT2D eigenvalue weighted by Gasteiger charge is -2.25. The summed E-state index contributed by atoms with van der Waals surface area (Å²) in [6, 6.07) is 6.47. The number of rotatable bonds is 6. The number of hydrogen-bond acceptors (Lipinski definition) is 5. The van der Waals surface area contributed by atoms with E-state index in [1.54, 1.807) is 19.1 Å². The minimum absolute atomic E-state index is 0.0862. The maximum Gasteiger partial charge on any atom is 0.253 e. The Kier molecular flexibility index (Phi) is 6.77. The molecule has 5 nitrogen and oxygen atoms in total. The Hall–Kier alpha value is -1.18. The van der Waals surface area contributed by atoms with Gasteiger partial charge < -0.3 is 11.1 Å². The third-order valence-electron chi connectivity index (χ3n) is 2.70. The van der Waals surface area contributed by atoms with Crippen LogP contribution in [0.15, 0.2) is 29.2 Å². The van der Waals surface area contributed by atoms with Crippen LogP contribution >= 0.6 is 24.4 Å². The Morgan fingerprint density at radius 3 is 2.41 bits per heavy atom. The second-order valence-electron chi connectivity index (χ2n) is 5.96. The number of primary amides is 1. The molecule has 2 atom stereocenters. The zero-order valence-electron chi connectivity index (χ0n) is 13.2. The number of thiol groups is 1. The van der Waals surface area contributed by atoms with Crippen molar-refractivity contribution in [2.75, 3.05) is 0 Å². The molecule has 122 valence electrons. The van der Waals surface area contributed by atoms with Gasteiger partial charge in [-0.25, -0.2) is 0 Å². The summed E-state index contributed by atoms with van der Waals surface area (Å²) in [6.45, 7) is 7.69. The van der Waals surface area contributed by atoms with Crippen molar-refractivity contribution in [3.8, 4) is 0 Å². The van der Waals surface area contributed by atoms with Crippen LogP contribution in [-0.4, -0.2) is 28.1 Å². The van der Waals surface area contributed by atoms with E-state index >= 15 is 0 Å². The second-order valence-corrected chi connectivity index (χ2v) is 7.97. The lowest BCUT2D eigenvalue weighted by Crippen LogP contribution is -2.42. The van der Waals surface area contributed by atoms with Gasteiger partial charge in [0.25, 0.3) is 5.91 Å². The summed E-state index contributed by atoms with van der Waals surface area (Å²) in [6.07, 6.45) is 0. The Morgan fingerprint density at radius 2 is 1.86 bits per heavy atom. The third kappa shape index (κ3) is 6.29. The monoisotopic (exact) mass is 341 g/mol. The topological polar surface area (TPSA) is 84.2 Å². The molecule has 0 fully saturated rings. The van der Waals surface area contributed by atoms with Gasteiger partial charge in [-0.2, -0.15) is 0 Å². The van der Waals surface area contributed by atoms with E-state index < -0.39 is 11.9 Å². The predicted molar refractivity (Wildman–Crippen MR) is 94.1 cm³/mol. The van der Waals surface area contributed by atoms with Gasteiger partial charge in [0, 0.05) is 10.4 Å². The highest BCUT2D eigenvalue weighted by molar-refractivity contribution is 8.10. The molecule has 0 aliphatic rings. The maximum atomic E-state index is 12.3. The van der Waals surface area contributed by atoms with E-state index in [1.807, 2.05) is 32.9 Å². The summed E-state index contributed by atoms with van der Waals surface area (Å²) in [5.74, 6) is -0.898. The van der Waals surface area contributed by atoms with E-state index in [0.717, 1.165) is 4.90 Å². The number of hydrogen-bond donors (Lipinski definition) is 4. The van der Waals surface area contributed by atoms with Crippen LogP contribution in [0.5, 0.6) is 0 Å². The molecular formula is C15H23N3O2S2. The highest BCUT2D eigenvalue weighted by atomic mass is 32.2. The fourth-order valence-electron chi connectivity index (χ4n) is 1.62. The molecule has 2 amide bonds. The van der Waals surface area contributed by atoms with Crippen molar-refractivity contribution in [1.82, 2.24) is 10.6 Å². The summed E-state index contributed by atoms with van der Waals surface area (Å²) in [7, 11) is 0. The molecule has 0 spiro atoms. The van der Waals surface area contributed by atoms with Crippen LogP contribution in [-0.2, 0) is 4.79 Å². The fourth-order valence-corrected chi connectivity index (χ4v) is 3.45. The Bertz CT molecular complexity index is 544. The van der Waals surface area contributed by atoms with Crippen LogP contribution in [0.1, 0.15) is 38.1 Å². The van der Waals surface area contributed by atoms with Gasteiger partial charge in [0.1, 0.15) is 10.7 Å². The Morgan fingerprint density at radius 1 is 1.27 bits per heavy atom. The fraction of sp³-hybridized carbons (Fsp3) is 0.467. The van der Waals surface area contributed by atoms with Gasteiger partial charge >= 0.3 is 0 Å². The number of carbonyl (C=O) groups is 2. The molecule has 0 aromatic heterocycles. The van der Waals surface area contributed by atoms with E-state index in [1.165, 1.54) is 11.8 Å². The number of thioether (sulfide) groups is 1. The molecule has 0 aliphatic carbocycles. The molecule has 1 unspecified atom stereocenters. The largest absolute Gasteiger partial charge is 0.368 e. The average molecular weight is 342 g/mol. The second kappa shape index (κ2) is 7.89. The van der Waals surface area contributed by atoms with Crippen molar-refractivity contribution in [3.63, 3.8) is 0 Å². The molecule has 4 N–H and O–H groups in total. The van der Waals surface area contributed by atoms with Crippen molar-refractivity contribution in [3.05, 3.63) is 29.8 Å². The zero-order valence-corrected chi connectivity index (χ0v) is 14.9.